The van der Waals surface area contributed by atoms with Gasteiger partial charge < -0.3 is 15.3 Å². The summed E-state index contributed by atoms with van der Waals surface area (Å²) in [6.07, 6.45) is 0. The van der Waals surface area contributed by atoms with Crippen LogP contribution in [0.15, 0.2) is 0 Å². The molecular formula is C5H16O3. The van der Waals surface area contributed by atoms with E-state index in [2.05, 4.69) is 0 Å². The zero-order chi connectivity index (χ0) is 7.41. The van der Waals surface area contributed by atoms with Crippen molar-refractivity contribution in [2.24, 2.45) is 0 Å². The van der Waals surface area contributed by atoms with Gasteiger partial charge in [0.1, 0.15) is 0 Å². The number of hydrogen-bond donors (Lipinski definition) is 3. The van der Waals surface area contributed by atoms with E-state index in [-0.39, 0.29) is 13.2 Å². The largest absolute Gasteiger partial charge is 0.400 e. The summed E-state index contributed by atoms with van der Waals surface area (Å²) < 4.78 is 0. The highest BCUT2D eigenvalue weighted by molar-refractivity contribution is 3.84. The molecule has 0 aliphatic rings. The van der Waals surface area contributed by atoms with Crippen LogP contribution in [0.5, 0.6) is 0 Å². The molecule has 0 spiro atoms. The third kappa shape index (κ3) is 9720. The van der Waals surface area contributed by atoms with E-state index in [0.29, 0.717) is 0 Å². The third-order valence-electron chi connectivity index (χ3n) is 0. The first-order chi connectivity index (χ1) is 3.83. The summed E-state index contributed by atoms with van der Waals surface area (Å²) in [5.41, 5.74) is 0. The molecule has 0 aromatic heterocycles. The molecule has 0 amide bonds. The zero-order valence-corrected chi connectivity index (χ0v) is 5.76. The van der Waals surface area contributed by atoms with Gasteiger partial charge in [0, 0.05) is 20.3 Å². The summed E-state index contributed by atoms with van der Waals surface area (Å²) in [6.45, 7) is 3.86. The van der Waals surface area contributed by atoms with Crippen LogP contribution in [0.2, 0.25) is 0 Å². The Morgan fingerprint density at radius 1 is 0.875 bits per heavy atom. The predicted octanol–water partition coefficient (Wildman–Crippen LogP) is -0.394. The highest BCUT2D eigenvalue weighted by atomic mass is 16.3. The second kappa shape index (κ2) is 67.3. The van der Waals surface area contributed by atoms with E-state index >= 15 is 0 Å². The van der Waals surface area contributed by atoms with Crippen LogP contribution in [0.3, 0.4) is 0 Å². The molecule has 3 N–H and O–H groups in total. The molecular weight excluding hydrogens is 108 g/mol. The van der Waals surface area contributed by atoms with Crippen molar-refractivity contribution in [1.82, 2.24) is 0 Å². The van der Waals surface area contributed by atoms with Crippen LogP contribution in [0.1, 0.15) is 13.8 Å². The molecule has 0 aromatic carbocycles. The fraction of sp³-hybridized carbons (Fsp3) is 1.00. The lowest BCUT2D eigenvalue weighted by Gasteiger charge is -1.52. The SMILES string of the molecule is CCO.CCO.CO. The summed E-state index contributed by atoms with van der Waals surface area (Å²) in [5, 5.41) is 22.1. The summed E-state index contributed by atoms with van der Waals surface area (Å²) in [7, 11) is 1.00. The predicted molar refractivity (Wildman–Crippen MR) is 33.7 cm³/mol. The van der Waals surface area contributed by atoms with Gasteiger partial charge in [-0.25, -0.2) is 0 Å². The molecule has 0 aromatic rings. The average molecular weight is 124 g/mol. The minimum Gasteiger partial charge on any atom is -0.400 e. The van der Waals surface area contributed by atoms with Crippen LogP contribution in [0, 0.1) is 0 Å². The minimum atomic E-state index is 0.250. The molecule has 54 valence electrons. The maximum atomic E-state index is 7.57. The van der Waals surface area contributed by atoms with E-state index < -0.39 is 0 Å². The standard InChI is InChI=1S/2C2H6O.CH4O/c2*1-2-3;1-2/h2*3H,2H2,1H3;2H,1H3. The fourth-order valence-corrected chi connectivity index (χ4v) is 0. The van der Waals surface area contributed by atoms with Crippen LogP contribution < -0.4 is 0 Å². The molecule has 3 heteroatoms. The second-order valence-electron chi connectivity index (χ2n) is 0.632. The van der Waals surface area contributed by atoms with Gasteiger partial charge in [0.2, 0.25) is 0 Å². The lowest BCUT2D eigenvalue weighted by atomic mass is 10.9. The number of aliphatic hydroxyl groups is 3. The van der Waals surface area contributed by atoms with E-state index in [1.807, 2.05) is 0 Å². The van der Waals surface area contributed by atoms with Gasteiger partial charge in [-0.3, -0.25) is 0 Å². The van der Waals surface area contributed by atoms with Gasteiger partial charge in [-0.15, -0.1) is 0 Å². The average Bonchev–Trinajstić information content (AvgIpc) is 1.75. The Bertz CT molecular complexity index is 9.64. The minimum absolute atomic E-state index is 0.250. The van der Waals surface area contributed by atoms with E-state index in [9.17, 15) is 0 Å². The third-order valence-corrected chi connectivity index (χ3v) is 0. The second-order valence-corrected chi connectivity index (χ2v) is 0.632. The maximum Gasteiger partial charge on any atom is 0.0402 e. The lowest BCUT2D eigenvalue weighted by molar-refractivity contribution is 0.318. The van der Waals surface area contributed by atoms with Crippen molar-refractivity contribution in [3.05, 3.63) is 0 Å². The van der Waals surface area contributed by atoms with Crippen LogP contribution in [-0.4, -0.2) is 35.6 Å². The van der Waals surface area contributed by atoms with Crippen molar-refractivity contribution in [1.29, 1.82) is 0 Å². The number of hydrogen-bond acceptors (Lipinski definition) is 3. The van der Waals surface area contributed by atoms with Gasteiger partial charge >= 0.3 is 0 Å². The molecule has 8 heavy (non-hydrogen) atoms. The Morgan fingerprint density at radius 3 is 0.875 bits per heavy atom. The van der Waals surface area contributed by atoms with E-state index in [0.717, 1.165) is 7.11 Å². The van der Waals surface area contributed by atoms with E-state index in [1.54, 1.807) is 13.8 Å². The van der Waals surface area contributed by atoms with Gasteiger partial charge in [-0.05, 0) is 13.8 Å². The van der Waals surface area contributed by atoms with Crippen LogP contribution in [0.4, 0.5) is 0 Å². The highest BCUT2D eigenvalue weighted by Gasteiger charge is 1.34. The van der Waals surface area contributed by atoms with Crippen molar-refractivity contribution >= 4 is 0 Å². The van der Waals surface area contributed by atoms with Crippen LogP contribution >= 0.6 is 0 Å². The van der Waals surface area contributed by atoms with Crippen molar-refractivity contribution in [2.75, 3.05) is 20.3 Å². The zero-order valence-electron chi connectivity index (χ0n) is 5.76. The van der Waals surface area contributed by atoms with Gasteiger partial charge in [-0.2, -0.15) is 0 Å². The number of rotatable bonds is 0. The van der Waals surface area contributed by atoms with Crippen LogP contribution in [-0.2, 0) is 0 Å². The monoisotopic (exact) mass is 124 g/mol. The van der Waals surface area contributed by atoms with Gasteiger partial charge in [-0.1, -0.05) is 0 Å². The van der Waals surface area contributed by atoms with Gasteiger partial charge in [0.05, 0.1) is 0 Å². The molecule has 3 nitrogen and oxygen atoms in total. The first-order valence-electron chi connectivity index (χ1n) is 2.49. The van der Waals surface area contributed by atoms with E-state index in [4.69, 9.17) is 15.3 Å². The Hall–Kier alpha value is -0.120. The Kier molecular flexibility index (Phi) is 132. The lowest BCUT2D eigenvalue weighted by Crippen LogP contribution is -1.57. The highest BCUT2D eigenvalue weighted by Crippen LogP contribution is 1.30. The molecule has 0 saturated heterocycles. The molecule has 0 unspecified atom stereocenters. The molecule has 0 radical (unpaired) electrons. The molecule has 0 aliphatic carbocycles. The quantitative estimate of drug-likeness (QED) is 0.412. The molecule has 0 bridgehead atoms. The Balaban J connectivity index is -0.0000000483. The number of aliphatic hydroxyl groups excluding tert-OH is 3. The first kappa shape index (κ1) is 15.7. The van der Waals surface area contributed by atoms with Gasteiger partial charge in [0.15, 0.2) is 0 Å². The van der Waals surface area contributed by atoms with Crippen LogP contribution in [0.25, 0.3) is 0 Å². The Labute approximate surface area is 50.6 Å². The molecule has 0 saturated carbocycles. The maximum absolute atomic E-state index is 7.57. The van der Waals surface area contributed by atoms with Crippen molar-refractivity contribution < 1.29 is 15.3 Å². The smallest absolute Gasteiger partial charge is 0.0402 e. The molecule has 0 rings (SSSR count). The molecule has 0 fully saturated rings. The summed E-state index contributed by atoms with van der Waals surface area (Å²) in [4.78, 5) is 0. The van der Waals surface area contributed by atoms with Crippen molar-refractivity contribution in [2.45, 2.75) is 13.8 Å². The first-order valence-corrected chi connectivity index (χ1v) is 2.49. The topological polar surface area (TPSA) is 60.7 Å². The summed E-state index contributed by atoms with van der Waals surface area (Å²) in [6, 6.07) is 0. The Morgan fingerprint density at radius 2 is 0.875 bits per heavy atom. The normalized spacial score (nSPS) is 5.25. The molecule has 0 aliphatic heterocycles. The fourth-order valence-electron chi connectivity index (χ4n) is 0. The van der Waals surface area contributed by atoms with Gasteiger partial charge in [0.25, 0.3) is 0 Å². The molecule has 0 atom stereocenters. The van der Waals surface area contributed by atoms with Crippen molar-refractivity contribution in [3.8, 4) is 0 Å². The summed E-state index contributed by atoms with van der Waals surface area (Å²) >= 11 is 0. The van der Waals surface area contributed by atoms with E-state index in [1.165, 1.54) is 0 Å². The molecule has 0 heterocycles. The van der Waals surface area contributed by atoms with Crippen molar-refractivity contribution in [3.63, 3.8) is 0 Å². The summed E-state index contributed by atoms with van der Waals surface area (Å²) in [5.74, 6) is 0.